The molecule has 0 bridgehead atoms. The molecule has 0 radical (unpaired) electrons. The second-order valence-corrected chi connectivity index (χ2v) is 4.69. The van der Waals surface area contributed by atoms with Crippen molar-refractivity contribution in [2.24, 2.45) is 5.92 Å². The van der Waals surface area contributed by atoms with E-state index in [0.717, 1.165) is 30.0 Å². The summed E-state index contributed by atoms with van der Waals surface area (Å²) in [6.07, 6.45) is 2.61. The predicted molar refractivity (Wildman–Crippen MR) is 73.3 cm³/mol. The Morgan fingerprint density at radius 1 is 1.17 bits per heavy atom. The molecule has 2 rings (SSSR count). The summed E-state index contributed by atoms with van der Waals surface area (Å²) in [6, 6.07) is 8.56. The van der Waals surface area contributed by atoms with Crippen molar-refractivity contribution in [3.05, 3.63) is 24.3 Å². The number of ether oxygens (including phenoxy) is 2. The van der Waals surface area contributed by atoms with E-state index in [9.17, 15) is 0 Å². The van der Waals surface area contributed by atoms with E-state index in [1.165, 1.54) is 12.8 Å². The molecule has 1 saturated carbocycles. The number of rotatable bonds is 8. The van der Waals surface area contributed by atoms with Gasteiger partial charge in [-0.3, -0.25) is 0 Å². The monoisotopic (exact) mass is 249 g/mol. The lowest BCUT2D eigenvalue weighted by atomic mass is 10.3. The van der Waals surface area contributed by atoms with Crippen molar-refractivity contribution in [2.45, 2.75) is 32.7 Å². The van der Waals surface area contributed by atoms with E-state index >= 15 is 0 Å². The molecule has 3 heteroatoms. The molecule has 0 spiro atoms. The van der Waals surface area contributed by atoms with Gasteiger partial charge < -0.3 is 14.8 Å². The fourth-order valence-corrected chi connectivity index (χ4v) is 2.20. The normalized spacial score (nSPS) is 21.7. The summed E-state index contributed by atoms with van der Waals surface area (Å²) in [5.41, 5.74) is 0. The lowest BCUT2D eigenvalue weighted by Crippen LogP contribution is -2.24. The van der Waals surface area contributed by atoms with Gasteiger partial charge in [-0.05, 0) is 31.4 Å². The Morgan fingerprint density at radius 2 is 1.89 bits per heavy atom. The fraction of sp³-hybridized carbons (Fsp3) is 0.600. The van der Waals surface area contributed by atoms with Gasteiger partial charge in [0.05, 0.1) is 6.61 Å². The van der Waals surface area contributed by atoms with E-state index in [0.29, 0.717) is 13.2 Å². The maximum Gasteiger partial charge on any atom is 0.161 e. The Balaban J connectivity index is 1.69. The number of para-hydroxylation sites is 2. The average Bonchev–Trinajstić information content (AvgIpc) is 3.15. The van der Waals surface area contributed by atoms with E-state index in [1.54, 1.807) is 0 Å². The van der Waals surface area contributed by atoms with Crippen LogP contribution in [0.3, 0.4) is 0 Å². The van der Waals surface area contributed by atoms with Gasteiger partial charge in [0.15, 0.2) is 11.5 Å². The molecule has 2 unspecified atom stereocenters. The summed E-state index contributed by atoms with van der Waals surface area (Å²) in [7, 11) is 0. The summed E-state index contributed by atoms with van der Waals surface area (Å²) in [5.74, 6) is 2.56. The van der Waals surface area contributed by atoms with E-state index in [2.05, 4.69) is 12.2 Å². The summed E-state index contributed by atoms with van der Waals surface area (Å²) in [4.78, 5) is 0. The first kappa shape index (κ1) is 13.2. The van der Waals surface area contributed by atoms with Gasteiger partial charge >= 0.3 is 0 Å². The Bertz CT molecular complexity index is 367. The third-order valence-electron chi connectivity index (χ3n) is 3.36. The van der Waals surface area contributed by atoms with Crippen molar-refractivity contribution in [1.82, 2.24) is 5.32 Å². The Morgan fingerprint density at radius 3 is 2.50 bits per heavy atom. The van der Waals surface area contributed by atoms with Crippen LogP contribution in [0.15, 0.2) is 24.3 Å². The third-order valence-corrected chi connectivity index (χ3v) is 3.36. The number of nitrogens with one attached hydrogen (secondary N) is 1. The molecule has 1 fully saturated rings. The first-order chi connectivity index (χ1) is 8.85. The van der Waals surface area contributed by atoms with Crippen LogP contribution in [0.2, 0.25) is 0 Å². The van der Waals surface area contributed by atoms with Crippen molar-refractivity contribution in [1.29, 1.82) is 0 Å². The summed E-state index contributed by atoms with van der Waals surface area (Å²) in [5, 5.41) is 3.51. The zero-order valence-electron chi connectivity index (χ0n) is 11.3. The Labute approximate surface area is 109 Å². The van der Waals surface area contributed by atoms with Crippen molar-refractivity contribution in [3.63, 3.8) is 0 Å². The van der Waals surface area contributed by atoms with Gasteiger partial charge in [0.2, 0.25) is 0 Å². The highest BCUT2D eigenvalue weighted by Crippen LogP contribution is 2.32. The summed E-state index contributed by atoms with van der Waals surface area (Å²) < 4.78 is 11.3. The Hall–Kier alpha value is -1.22. The quantitative estimate of drug-likeness (QED) is 0.719. The standard InChI is InChI=1S/C15H23NO2/c1-3-12-11-13(12)16-9-10-18-15-8-6-5-7-14(15)17-4-2/h5-8,12-13,16H,3-4,9-11H2,1-2H3. The van der Waals surface area contributed by atoms with Crippen LogP contribution < -0.4 is 14.8 Å². The molecule has 2 atom stereocenters. The topological polar surface area (TPSA) is 30.5 Å². The molecule has 0 heterocycles. The minimum atomic E-state index is 0.666. The van der Waals surface area contributed by atoms with Gasteiger partial charge in [0.25, 0.3) is 0 Å². The van der Waals surface area contributed by atoms with E-state index in [-0.39, 0.29) is 0 Å². The summed E-state index contributed by atoms with van der Waals surface area (Å²) >= 11 is 0. The van der Waals surface area contributed by atoms with Gasteiger partial charge in [-0.25, -0.2) is 0 Å². The van der Waals surface area contributed by atoms with Crippen molar-refractivity contribution >= 4 is 0 Å². The Kier molecular flexibility index (Phi) is 4.88. The maximum atomic E-state index is 5.75. The predicted octanol–water partition coefficient (Wildman–Crippen LogP) is 2.85. The molecular weight excluding hydrogens is 226 g/mol. The first-order valence-corrected chi connectivity index (χ1v) is 6.93. The van der Waals surface area contributed by atoms with Gasteiger partial charge in [-0.2, -0.15) is 0 Å². The van der Waals surface area contributed by atoms with Gasteiger partial charge in [0.1, 0.15) is 6.61 Å². The van der Waals surface area contributed by atoms with E-state index in [1.807, 2.05) is 31.2 Å². The second-order valence-electron chi connectivity index (χ2n) is 4.69. The molecule has 0 saturated heterocycles. The van der Waals surface area contributed by atoms with Crippen LogP contribution in [-0.4, -0.2) is 25.8 Å². The van der Waals surface area contributed by atoms with Gasteiger partial charge in [-0.1, -0.05) is 25.5 Å². The minimum Gasteiger partial charge on any atom is -0.490 e. The second kappa shape index (κ2) is 6.64. The lowest BCUT2D eigenvalue weighted by molar-refractivity contribution is 0.275. The molecule has 1 aliphatic rings. The summed E-state index contributed by atoms with van der Waals surface area (Å²) in [6.45, 7) is 6.50. The smallest absolute Gasteiger partial charge is 0.161 e. The van der Waals surface area contributed by atoms with Crippen LogP contribution in [-0.2, 0) is 0 Å². The van der Waals surface area contributed by atoms with Gasteiger partial charge in [0, 0.05) is 12.6 Å². The molecule has 0 aromatic heterocycles. The van der Waals surface area contributed by atoms with Crippen molar-refractivity contribution < 1.29 is 9.47 Å². The van der Waals surface area contributed by atoms with Crippen LogP contribution in [0.4, 0.5) is 0 Å². The molecule has 0 aliphatic heterocycles. The molecule has 1 aromatic carbocycles. The van der Waals surface area contributed by atoms with Gasteiger partial charge in [-0.15, -0.1) is 0 Å². The maximum absolute atomic E-state index is 5.75. The third kappa shape index (κ3) is 3.64. The zero-order chi connectivity index (χ0) is 12.8. The molecule has 0 amide bonds. The van der Waals surface area contributed by atoms with E-state index in [4.69, 9.17) is 9.47 Å². The highest BCUT2D eigenvalue weighted by atomic mass is 16.5. The van der Waals surface area contributed by atoms with Crippen LogP contribution in [0.25, 0.3) is 0 Å². The number of hydrogen-bond acceptors (Lipinski definition) is 3. The first-order valence-electron chi connectivity index (χ1n) is 6.93. The average molecular weight is 249 g/mol. The molecule has 18 heavy (non-hydrogen) atoms. The molecule has 1 aromatic rings. The fourth-order valence-electron chi connectivity index (χ4n) is 2.20. The van der Waals surface area contributed by atoms with E-state index < -0.39 is 0 Å². The SMILES string of the molecule is CCOc1ccccc1OCCNC1CC1CC. The largest absolute Gasteiger partial charge is 0.490 e. The minimum absolute atomic E-state index is 0.666. The molecule has 100 valence electrons. The highest BCUT2D eigenvalue weighted by molar-refractivity contribution is 5.39. The van der Waals surface area contributed by atoms with Crippen molar-refractivity contribution in [2.75, 3.05) is 19.8 Å². The lowest BCUT2D eigenvalue weighted by Gasteiger charge is -2.11. The van der Waals surface area contributed by atoms with Crippen LogP contribution in [0, 0.1) is 5.92 Å². The number of benzene rings is 1. The van der Waals surface area contributed by atoms with Crippen LogP contribution in [0.5, 0.6) is 11.5 Å². The van der Waals surface area contributed by atoms with Crippen LogP contribution in [0.1, 0.15) is 26.7 Å². The van der Waals surface area contributed by atoms with Crippen LogP contribution >= 0.6 is 0 Å². The molecule has 1 aliphatic carbocycles. The molecular formula is C15H23NO2. The highest BCUT2D eigenvalue weighted by Gasteiger charge is 2.34. The molecule has 3 nitrogen and oxygen atoms in total. The van der Waals surface area contributed by atoms with Crippen molar-refractivity contribution in [3.8, 4) is 11.5 Å². The number of hydrogen-bond donors (Lipinski definition) is 1. The zero-order valence-corrected chi connectivity index (χ0v) is 11.3. The molecule has 1 N–H and O–H groups in total.